The molecule has 4 heteroatoms. The van der Waals surface area contributed by atoms with Gasteiger partial charge in [0, 0.05) is 0 Å². The number of hydrogen-bond donors (Lipinski definition) is 1. The Kier molecular flexibility index (Phi) is 3.77. The molecule has 0 heterocycles. The second kappa shape index (κ2) is 4.88. The van der Waals surface area contributed by atoms with Gasteiger partial charge in [-0.1, -0.05) is 6.07 Å². The predicted molar refractivity (Wildman–Crippen MR) is 60.3 cm³/mol. The second-order valence-corrected chi connectivity index (χ2v) is 3.63. The van der Waals surface area contributed by atoms with Crippen LogP contribution in [-0.4, -0.2) is 25.3 Å². The molecular formula is C12H16O4. The zero-order valence-corrected chi connectivity index (χ0v) is 9.90. The normalized spacial score (nSPS) is 12.0. The van der Waals surface area contributed by atoms with Crippen LogP contribution in [0.5, 0.6) is 11.5 Å². The van der Waals surface area contributed by atoms with Crippen molar-refractivity contribution in [2.75, 3.05) is 14.2 Å². The lowest BCUT2D eigenvalue weighted by atomic mass is 9.98. The molecule has 0 amide bonds. The molecule has 16 heavy (non-hydrogen) atoms. The molecule has 1 unspecified atom stereocenters. The molecule has 0 saturated carbocycles. The number of aryl methyl sites for hydroxylation is 1. The third-order valence-electron chi connectivity index (χ3n) is 2.56. The van der Waals surface area contributed by atoms with Crippen molar-refractivity contribution in [1.82, 2.24) is 0 Å². The number of carboxylic acid groups (broad SMARTS) is 1. The number of rotatable bonds is 4. The molecule has 0 aliphatic carbocycles. The zero-order chi connectivity index (χ0) is 12.3. The van der Waals surface area contributed by atoms with E-state index in [1.54, 1.807) is 26.2 Å². The fourth-order valence-corrected chi connectivity index (χ4v) is 1.57. The minimum Gasteiger partial charge on any atom is -0.493 e. The van der Waals surface area contributed by atoms with Gasteiger partial charge >= 0.3 is 5.97 Å². The van der Waals surface area contributed by atoms with Crippen molar-refractivity contribution in [2.45, 2.75) is 19.8 Å². The molecule has 1 N–H and O–H groups in total. The van der Waals surface area contributed by atoms with Gasteiger partial charge in [0.2, 0.25) is 0 Å². The van der Waals surface area contributed by atoms with Crippen LogP contribution >= 0.6 is 0 Å². The molecular weight excluding hydrogens is 208 g/mol. The average Bonchev–Trinajstić information content (AvgIpc) is 2.26. The van der Waals surface area contributed by atoms with Crippen LogP contribution in [0, 0.1) is 6.92 Å². The Morgan fingerprint density at radius 2 is 1.94 bits per heavy atom. The molecule has 1 aromatic carbocycles. The van der Waals surface area contributed by atoms with Gasteiger partial charge in [-0.15, -0.1) is 0 Å². The average molecular weight is 224 g/mol. The highest BCUT2D eigenvalue weighted by Gasteiger charge is 2.17. The summed E-state index contributed by atoms with van der Waals surface area (Å²) in [6.45, 7) is 3.50. The van der Waals surface area contributed by atoms with E-state index >= 15 is 0 Å². The van der Waals surface area contributed by atoms with Gasteiger partial charge in [-0.3, -0.25) is 4.79 Å². The summed E-state index contributed by atoms with van der Waals surface area (Å²) in [5.41, 5.74) is 1.58. The lowest BCUT2D eigenvalue weighted by Crippen LogP contribution is -2.08. The van der Waals surface area contributed by atoms with Gasteiger partial charge in [-0.2, -0.15) is 0 Å². The van der Waals surface area contributed by atoms with Gasteiger partial charge in [0.1, 0.15) is 0 Å². The zero-order valence-electron chi connectivity index (χ0n) is 9.90. The molecule has 88 valence electrons. The molecule has 1 rings (SSSR count). The summed E-state index contributed by atoms with van der Waals surface area (Å²) < 4.78 is 10.4. The topological polar surface area (TPSA) is 55.8 Å². The largest absolute Gasteiger partial charge is 0.493 e. The van der Waals surface area contributed by atoms with Crippen LogP contribution in [0.15, 0.2) is 12.1 Å². The highest BCUT2D eigenvalue weighted by molar-refractivity contribution is 5.76. The highest BCUT2D eigenvalue weighted by Crippen LogP contribution is 2.34. The van der Waals surface area contributed by atoms with Gasteiger partial charge in [0.15, 0.2) is 11.5 Å². The Morgan fingerprint density at radius 3 is 2.38 bits per heavy atom. The quantitative estimate of drug-likeness (QED) is 0.851. The molecule has 0 saturated heterocycles. The number of carboxylic acids is 1. The first kappa shape index (κ1) is 12.4. The SMILES string of the molecule is COc1cc(C(C)C(=O)O)cc(C)c1OC. The van der Waals surface area contributed by atoms with Crippen molar-refractivity contribution >= 4 is 5.97 Å². The van der Waals surface area contributed by atoms with Crippen LogP contribution in [0.25, 0.3) is 0 Å². The van der Waals surface area contributed by atoms with Crippen LogP contribution in [0.1, 0.15) is 24.0 Å². The van der Waals surface area contributed by atoms with Crippen LogP contribution in [-0.2, 0) is 4.79 Å². The third kappa shape index (κ3) is 2.27. The Bertz CT molecular complexity index is 398. The number of ether oxygens (including phenoxy) is 2. The molecule has 1 atom stereocenters. The second-order valence-electron chi connectivity index (χ2n) is 3.63. The van der Waals surface area contributed by atoms with E-state index in [1.807, 2.05) is 6.92 Å². The summed E-state index contributed by atoms with van der Waals surface area (Å²) in [4.78, 5) is 10.9. The standard InChI is InChI=1S/C12H16O4/c1-7-5-9(8(2)12(13)14)6-10(15-3)11(7)16-4/h5-6,8H,1-4H3,(H,13,14). The Labute approximate surface area is 94.8 Å². The summed E-state index contributed by atoms with van der Waals surface area (Å²) in [7, 11) is 3.09. The maximum atomic E-state index is 10.9. The van der Waals surface area contributed by atoms with Crippen molar-refractivity contribution < 1.29 is 19.4 Å². The molecule has 0 radical (unpaired) electrons. The fourth-order valence-electron chi connectivity index (χ4n) is 1.57. The summed E-state index contributed by atoms with van der Waals surface area (Å²) in [6.07, 6.45) is 0. The number of aliphatic carboxylic acids is 1. The van der Waals surface area contributed by atoms with Crippen molar-refractivity contribution in [1.29, 1.82) is 0 Å². The summed E-state index contributed by atoms with van der Waals surface area (Å²) >= 11 is 0. The van der Waals surface area contributed by atoms with Crippen molar-refractivity contribution in [2.24, 2.45) is 0 Å². The van der Waals surface area contributed by atoms with E-state index in [9.17, 15) is 4.79 Å². The smallest absolute Gasteiger partial charge is 0.310 e. The van der Waals surface area contributed by atoms with Gasteiger partial charge in [-0.25, -0.2) is 0 Å². The van der Waals surface area contributed by atoms with Crippen molar-refractivity contribution in [3.05, 3.63) is 23.3 Å². The fraction of sp³-hybridized carbons (Fsp3) is 0.417. The van der Waals surface area contributed by atoms with Crippen LogP contribution < -0.4 is 9.47 Å². The van der Waals surface area contributed by atoms with Crippen LogP contribution in [0.2, 0.25) is 0 Å². The minimum absolute atomic E-state index is 0.557. The van der Waals surface area contributed by atoms with E-state index < -0.39 is 11.9 Å². The van der Waals surface area contributed by atoms with Crippen LogP contribution in [0.3, 0.4) is 0 Å². The number of benzene rings is 1. The summed E-state index contributed by atoms with van der Waals surface area (Å²) in [5, 5.41) is 8.94. The van der Waals surface area contributed by atoms with Crippen LogP contribution in [0.4, 0.5) is 0 Å². The molecule has 1 aromatic rings. The Morgan fingerprint density at radius 1 is 1.31 bits per heavy atom. The Hall–Kier alpha value is -1.71. The third-order valence-corrected chi connectivity index (χ3v) is 2.56. The summed E-state index contributed by atoms with van der Waals surface area (Å²) in [6, 6.07) is 3.50. The number of methoxy groups -OCH3 is 2. The van der Waals surface area contributed by atoms with E-state index in [0.717, 1.165) is 5.56 Å². The molecule has 0 aromatic heterocycles. The van der Waals surface area contributed by atoms with E-state index in [4.69, 9.17) is 14.6 Å². The number of hydrogen-bond acceptors (Lipinski definition) is 3. The lowest BCUT2D eigenvalue weighted by Gasteiger charge is -2.14. The maximum Gasteiger partial charge on any atom is 0.310 e. The molecule has 0 bridgehead atoms. The molecule has 0 aliphatic rings. The van der Waals surface area contributed by atoms with Gasteiger partial charge in [-0.05, 0) is 31.0 Å². The lowest BCUT2D eigenvalue weighted by molar-refractivity contribution is -0.138. The predicted octanol–water partition coefficient (Wildman–Crippen LogP) is 2.20. The van der Waals surface area contributed by atoms with Crippen molar-refractivity contribution in [3.8, 4) is 11.5 Å². The van der Waals surface area contributed by atoms with E-state index in [0.29, 0.717) is 17.1 Å². The van der Waals surface area contributed by atoms with Crippen molar-refractivity contribution in [3.63, 3.8) is 0 Å². The number of carbonyl (C=O) groups is 1. The monoisotopic (exact) mass is 224 g/mol. The molecule has 4 nitrogen and oxygen atoms in total. The first-order chi connectivity index (χ1) is 7.51. The van der Waals surface area contributed by atoms with E-state index in [1.165, 1.54) is 7.11 Å². The molecule has 0 aliphatic heterocycles. The van der Waals surface area contributed by atoms with E-state index in [2.05, 4.69) is 0 Å². The summed E-state index contributed by atoms with van der Waals surface area (Å²) in [5.74, 6) is -0.209. The maximum absolute atomic E-state index is 10.9. The van der Waals surface area contributed by atoms with Gasteiger partial charge < -0.3 is 14.6 Å². The molecule has 0 fully saturated rings. The van der Waals surface area contributed by atoms with E-state index in [-0.39, 0.29) is 0 Å². The van der Waals surface area contributed by atoms with Gasteiger partial charge in [0.05, 0.1) is 20.1 Å². The molecule has 0 spiro atoms. The van der Waals surface area contributed by atoms with Gasteiger partial charge in [0.25, 0.3) is 0 Å². The highest BCUT2D eigenvalue weighted by atomic mass is 16.5. The minimum atomic E-state index is -0.855. The Balaban J connectivity index is 3.25. The first-order valence-electron chi connectivity index (χ1n) is 4.96. The first-order valence-corrected chi connectivity index (χ1v) is 4.96.